The Labute approximate surface area is 145 Å². The molecule has 0 spiro atoms. The lowest BCUT2D eigenvalue weighted by Gasteiger charge is -2.23. The van der Waals surface area contributed by atoms with Crippen LogP contribution in [0.3, 0.4) is 0 Å². The van der Waals surface area contributed by atoms with E-state index in [9.17, 15) is 9.70 Å². The number of pyridine rings is 1. The molecule has 2 unspecified atom stereocenters. The van der Waals surface area contributed by atoms with Crippen molar-refractivity contribution >= 4 is 23.2 Å². The highest BCUT2D eigenvalue weighted by Gasteiger charge is 2.26. The van der Waals surface area contributed by atoms with Crippen LogP contribution < -0.4 is 4.90 Å². The minimum Gasteiger partial charge on any atom is -0.308 e. The zero-order chi connectivity index (χ0) is 17.7. The molecule has 0 saturated heterocycles. The van der Waals surface area contributed by atoms with Crippen molar-refractivity contribution in [3.05, 3.63) is 40.8 Å². The number of nitroso groups, excluding NO2 is 1. The van der Waals surface area contributed by atoms with Crippen molar-refractivity contribution in [2.24, 2.45) is 11.1 Å². The zero-order valence-corrected chi connectivity index (χ0v) is 14.6. The quantitative estimate of drug-likeness (QED) is 0.717. The van der Waals surface area contributed by atoms with Crippen LogP contribution in [0.15, 0.2) is 35.9 Å². The molecule has 2 aromatic heterocycles. The molecule has 2 rings (SSSR count). The van der Waals surface area contributed by atoms with E-state index in [4.69, 9.17) is 11.6 Å². The molecule has 128 valence electrons. The fraction of sp³-hybridized carbons (Fsp3) is 0.438. The Morgan fingerprint density at radius 3 is 2.79 bits per heavy atom. The highest BCUT2D eigenvalue weighted by molar-refractivity contribution is 6.32. The Kier molecular flexibility index (Phi) is 6.03. The second-order valence-electron chi connectivity index (χ2n) is 5.63. The maximum absolute atomic E-state index is 12.7. The average molecular weight is 350 g/mol. The molecule has 8 heteroatoms. The largest absolute Gasteiger partial charge is 0.308 e. The van der Waals surface area contributed by atoms with Gasteiger partial charge in [-0.05, 0) is 32.4 Å². The molecule has 0 saturated carbocycles. The fourth-order valence-electron chi connectivity index (χ4n) is 2.51. The van der Waals surface area contributed by atoms with Crippen LogP contribution in [0, 0.1) is 10.8 Å². The number of anilines is 1. The fourth-order valence-corrected chi connectivity index (χ4v) is 2.75. The van der Waals surface area contributed by atoms with Gasteiger partial charge in [0.15, 0.2) is 5.15 Å². The van der Waals surface area contributed by atoms with Crippen LogP contribution in [-0.2, 0) is 4.79 Å². The molecule has 0 aromatic carbocycles. The van der Waals surface area contributed by atoms with E-state index in [2.05, 4.69) is 15.3 Å². The van der Waals surface area contributed by atoms with E-state index in [1.165, 1.54) is 0 Å². The van der Waals surface area contributed by atoms with Gasteiger partial charge in [0, 0.05) is 18.7 Å². The Morgan fingerprint density at radius 1 is 1.46 bits per heavy atom. The predicted octanol–water partition coefficient (Wildman–Crippen LogP) is 3.45. The minimum absolute atomic E-state index is 0.111. The molecule has 2 heterocycles. The van der Waals surface area contributed by atoms with Gasteiger partial charge in [-0.1, -0.05) is 23.7 Å². The van der Waals surface area contributed by atoms with Crippen molar-refractivity contribution < 1.29 is 4.79 Å². The number of hydrogen-bond donors (Lipinski definition) is 0. The number of carbonyl (C=O) groups excluding carboxylic acids is 1. The standard InChI is InChI=1S/C16H20ClN5O2/c1-4-21(16(23)11(2)8-12(3)20-24)14-10-22(19-15(14)17)13-6-5-7-18-9-13/h5-7,9-12H,4,8H2,1-3H3. The summed E-state index contributed by atoms with van der Waals surface area (Å²) in [6.45, 7) is 5.79. The first-order chi connectivity index (χ1) is 11.5. The van der Waals surface area contributed by atoms with Gasteiger partial charge < -0.3 is 4.90 Å². The molecular formula is C16H20ClN5O2. The van der Waals surface area contributed by atoms with E-state index in [-0.39, 0.29) is 17.0 Å². The van der Waals surface area contributed by atoms with Gasteiger partial charge >= 0.3 is 0 Å². The number of halogens is 1. The molecule has 0 radical (unpaired) electrons. The van der Waals surface area contributed by atoms with Crippen molar-refractivity contribution in [2.45, 2.75) is 33.2 Å². The highest BCUT2D eigenvalue weighted by atomic mass is 35.5. The van der Waals surface area contributed by atoms with Gasteiger partial charge in [-0.3, -0.25) is 9.78 Å². The number of nitrogens with zero attached hydrogens (tertiary/aromatic N) is 5. The van der Waals surface area contributed by atoms with Crippen molar-refractivity contribution in [3.63, 3.8) is 0 Å². The normalized spacial score (nSPS) is 13.3. The molecule has 0 bridgehead atoms. The Hall–Kier alpha value is -2.28. The van der Waals surface area contributed by atoms with E-state index in [0.717, 1.165) is 5.69 Å². The average Bonchev–Trinajstić information content (AvgIpc) is 2.97. The van der Waals surface area contributed by atoms with Gasteiger partial charge in [-0.25, -0.2) is 4.68 Å². The number of hydrogen-bond acceptors (Lipinski definition) is 5. The minimum atomic E-state index is -0.406. The smallest absolute Gasteiger partial charge is 0.230 e. The second kappa shape index (κ2) is 8.01. The topological polar surface area (TPSA) is 80.5 Å². The van der Waals surface area contributed by atoms with Crippen molar-refractivity contribution in [3.8, 4) is 5.69 Å². The lowest BCUT2D eigenvalue weighted by atomic mass is 10.0. The third kappa shape index (κ3) is 3.97. The molecule has 0 aliphatic heterocycles. The van der Waals surface area contributed by atoms with Crippen LogP contribution in [0.4, 0.5) is 5.69 Å². The maximum Gasteiger partial charge on any atom is 0.230 e. The highest BCUT2D eigenvalue weighted by Crippen LogP contribution is 2.27. The molecule has 7 nitrogen and oxygen atoms in total. The SMILES string of the molecule is CCN(C(=O)C(C)CC(C)N=O)c1cn(-c2cccnc2)nc1Cl. The first-order valence-corrected chi connectivity index (χ1v) is 8.15. The van der Waals surface area contributed by atoms with E-state index in [0.29, 0.717) is 18.7 Å². The number of amides is 1. The third-order valence-electron chi connectivity index (χ3n) is 3.73. The van der Waals surface area contributed by atoms with Crippen LogP contribution in [0.2, 0.25) is 5.15 Å². The summed E-state index contributed by atoms with van der Waals surface area (Å²) in [5.41, 5.74) is 1.28. The van der Waals surface area contributed by atoms with E-state index in [1.54, 1.807) is 48.1 Å². The summed E-state index contributed by atoms with van der Waals surface area (Å²) < 4.78 is 1.58. The van der Waals surface area contributed by atoms with Gasteiger partial charge in [-0.15, -0.1) is 0 Å². The number of carbonyl (C=O) groups is 1. The van der Waals surface area contributed by atoms with Gasteiger partial charge in [0.25, 0.3) is 0 Å². The van der Waals surface area contributed by atoms with E-state index in [1.807, 2.05) is 13.0 Å². The summed E-state index contributed by atoms with van der Waals surface area (Å²) >= 11 is 6.24. The third-order valence-corrected chi connectivity index (χ3v) is 4.00. The summed E-state index contributed by atoms with van der Waals surface area (Å²) in [4.78, 5) is 28.9. The lowest BCUT2D eigenvalue weighted by molar-refractivity contribution is -0.122. The van der Waals surface area contributed by atoms with Crippen LogP contribution in [0.5, 0.6) is 0 Å². The Balaban J connectivity index is 2.26. The summed E-state index contributed by atoms with van der Waals surface area (Å²) in [7, 11) is 0. The first-order valence-electron chi connectivity index (χ1n) is 7.77. The van der Waals surface area contributed by atoms with Gasteiger partial charge in [0.2, 0.25) is 5.91 Å². The van der Waals surface area contributed by atoms with Crippen LogP contribution in [0.1, 0.15) is 27.2 Å². The second-order valence-corrected chi connectivity index (χ2v) is 5.99. The summed E-state index contributed by atoms with van der Waals surface area (Å²) in [6.07, 6.45) is 5.43. The maximum atomic E-state index is 12.7. The molecule has 0 fully saturated rings. The summed E-state index contributed by atoms with van der Waals surface area (Å²) in [5, 5.41) is 7.45. The van der Waals surface area contributed by atoms with Gasteiger partial charge in [0.05, 0.1) is 24.1 Å². The van der Waals surface area contributed by atoms with Crippen molar-refractivity contribution in [1.82, 2.24) is 14.8 Å². The van der Waals surface area contributed by atoms with Crippen molar-refractivity contribution in [1.29, 1.82) is 0 Å². The predicted molar refractivity (Wildman–Crippen MR) is 93.4 cm³/mol. The van der Waals surface area contributed by atoms with Gasteiger partial charge in [0.1, 0.15) is 5.69 Å². The summed E-state index contributed by atoms with van der Waals surface area (Å²) in [6, 6.07) is 3.23. The molecule has 0 aliphatic carbocycles. The van der Waals surface area contributed by atoms with E-state index < -0.39 is 6.04 Å². The molecule has 24 heavy (non-hydrogen) atoms. The van der Waals surface area contributed by atoms with E-state index >= 15 is 0 Å². The Morgan fingerprint density at radius 2 is 2.21 bits per heavy atom. The molecule has 2 atom stereocenters. The van der Waals surface area contributed by atoms with Crippen LogP contribution >= 0.6 is 11.6 Å². The number of rotatable bonds is 7. The Bertz CT molecular complexity index is 704. The molecule has 2 aromatic rings. The molecular weight excluding hydrogens is 330 g/mol. The molecule has 1 amide bonds. The van der Waals surface area contributed by atoms with Gasteiger partial charge in [-0.2, -0.15) is 10.0 Å². The number of aromatic nitrogens is 3. The monoisotopic (exact) mass is 349 g/mol. The van der Waals surface area contributed by atoms with Crippen LogP contribution in [0.25, 0.3) is 5.69 Å². The lowest BCUT2D eigenvalue weighted by Crippen LogP contribution is -2.36. The summed E-state index contributed by atoms with van der Waals surface area (Å²) in [5.74, 6) is -0.448. The van der Waals surface area contributed by atoms with Crippen molar-refractivity contribution in [2.75, 3.05) is 11.4 Å². The van der Waals surface area contributed by atoms with Crippen LogP contribution in [-0.4, -0.2) is 33.3 Å². The first kappa shape index (κ1) is 18.1. The molecule has 0 N–H and O–H groups in total. The zero-order valence-electron chi connectivity index (χ0n) is 13.9. The molecule has 0 aliphatic rings.